The smallest absolute Gasteiger partial charge is 0.223 e. The van der Waals surface area contributed by atoms with Gasteiger partial charge in [0.25, 0.3) is 0 Å². The summed E-state index contributed by atoms with van der Waals surface area (Å²) in [6, 6.07) is 5.60. The molecule has 2 heterocycles. The van der Waals surface area contributed by atoms with Crippen molar-refractivity contribution < 1.29 is 0 Å². The van der Waals surface area contributed by atoms with Crippen molar-refractivity contribution in [3.8, 4) is 0 Å². The maximum absolute atomic E-state index is 6.30. The average molecular weight is 374 g/mol. The summed E-state index contributed by atoms with van der Waals surface area (Å²) in [5.74, 6) is 0.905. The molecule has 1 aromatic heterocycles. The van der Waals surface area contributed by atoms with Crippen molar-refractivity contribution in [1.29, 1.82) is 0 Å². The van der Waals surface area contributed by atoms with E-state index < -0.39 is 0 Å². The number of fused-ring (bicyclic) bond motifs is 1. The Bertz CT molecular complexity index is 657. The van der Waals surface area contributed by atoms with Crippen molar-refractivity contribution in [2.45, 2.75) is 13.0 Å². The SMILES string of the molecule is Nc1nc(Cl)cc(N2CCc3c(Br)ccc(Cl)c3C2)n1. The van der Waals surface area contributed by atoms with Crippen molar-refractivity contribution in [3.63, 3.8) is 0 Å². The van der Waals surface area contributed by atoms with Gasteiger partial charge in [0, 0.05) is 28.7 Å². The maximum atomic E-state index is 6.30. The van der Waals surface area contributed by atoms with E-state index in [0.29, 0.717) is 11.7 Å². The molecule has 20 heavy (non-hydrogen) atoms. The van der Waals surface area contributed by atoms with E-state index in [-0.39, 0.29) is 5.95 Å². The molecule has 0 spiro atoms. The quantitative estimate of drug-likeness (QED) is 0.774. The van der Waals surface area contributed by atoms with E-state index >= 15 is 0 Å². The van der Waals surface area contributed by atoms with E-state index in [0.717, 1.165) is 33.8 Å². The minimum atomic E-state index is 0.179. The van der Waals surface area contributed by atoms with E-state index in [1.54, 1.807) is 6.07 Å². The number of nitrogen functional groups attached to an aromatic ring is 1. The van der Waals surface area contributed by atoms with Gasteiger partial charge in [-0.15, -0.1) is 0 Å². The Hall–Kier alpha value is -1.04. The number of nitrogens with two attached hydrogens (primary N) is 1. The van der Waals surface area contributed by atoms with Crippen molar-refractivity contribution in [3.05, 3.63) is 44.0 Å². The summed E-state index contributed by atoms with van der Waals surface area (Å²) in [4.78, 5) is 10.2. The Morgan fingerprint density at radius 3 is 2.75 bits per heavy atom. The highest BCUT2D eigenvalue weighted by Crippen LogP contribution is 2.33. The molecule has 1 aliphatic rings. The van der Waals surface area contributed by atoms with Gasteiger partial charge in [0.05, 0.1) is 0 Å². The maximum Gasteiger partial charge on any atom is 0.223 e. The van der Waals surface area contributed by atoms with Gasteiger partial charge in [0.1, 0.15) is 11.0 Å². The molecule has 0 saturated heterocycles. The van der Waals surface area contributed by atoms with Gasteiger partial charge in [0.2, 0.25) is 5.95 Å². The first-order valence-corrected chi connectivity index (χ1v) is 7.60. The van der Waals surface area contributed by atoms with Crippen molar-refractivity contribution in [2.75, 3.05) is 17.2 Å². The lowest BCUT2D eigenvalue weighted by atomic mass is 10.00. The summed E-state index contributed by atoms with van der Waals surface area (Å²) in [6.07, 6.45) is 0.887. The Balaban J connectivity index is 1.98. The lowest BCUT2D eigenvalue weighted by Crippen LogP contribution is -2.31. The first-order chi connectivity index (χ1) is 9.54. The Kier molecular flexibility index (Phi) is 3.75. The zero-order chi connectivity index (χ0) is 14.3. The van der Waals surface area contributed by atoms with E-state index in [9.17, 15) is 0 Å². The van der Waals surface area contributed by atoms with E-state index in [4.69, 9.17) is 28.9 Å². The molecule has 2 N–H and O–H groups in total. The van der Waals surface area contributed by atoms with E-state index in [1.165, 1.54) is 5.56 Å². The number of hydrogen-bond donors (Lipinski definition) is 1. The summed E-state index contributed by atoms with van der Waals surface area (Å²) in [7, 11) is 0. The van der Waals surface area contributed by atoms with Crippen LogP contribution in [0, 0.1) is 0 Å². The predicted molar refractivity (Wildman–Crippen MR) is 85.4 cm³/mol. The van der Waals surface area contributed by atoms with Gasteiger partial charge in [-0.05, 0) is 29.7 Å². The molecule has 0 fully saturated rings. The molecule has 0 radical (unpaired) electrons. The predicted octanol–water partition coefficient (Wildman–Crippen LogP) is 3.69. The summed E-state index contributed by atoms with van der Waals surface area (Å²) in [6.45, 7) is 1.51. The Labute approximate surface area is 135 Å². The fraction of sp³-hybridized carbons (Fsp3) is 0.231. The van der Waals surface area contributed by atoms with Crippen LogP contribution in [0.25, 0.3) is 0 Å². The third-order valence-corrected chi connectivity index (χ3v) is 4.61. The first-order valence-electron chi connectivity index (χ1n) is 6.05. The van der Waals surface area contributed by atoms with Crippen LogP contribution in [0.4, 0.5) is 11.8 Å². The molecule has 7 heteroatoms. The molecule has 4 nitrogen and oxygen atoms in total. The summed E-state index contributed by atoms with van der Waals surface area (Å²) >= 11 is 15.8. The van der Waals surface area contributed by atoms with Crippen LogP contribution in [-0.4, -0.2) is 16.5 Å². The lowest BCUT2D eigenvalue weighted by molar-refractivity contribution is 0.718. The molecule has 0 amide bonds. The van der Waals surface area contributed by atoms with E-state index in [1.807, 2.05) is 12.1 Å². The molecule has 0 unspecified atom stereocenters. The molecule has 3 rings (SSSR count). The van der Waals surface area contributed by atoms with Crippen molar-refractivity contribution in [1.82, 2.24) is 9.97 Å². The molecule has 2 aromatic rings. The zero-order valence-corrected chi connectivity index (χ0v) is 13.5. The largest absolute Gasteiger partial charge is 0.368 e. The van der Waals surface area contributed by atoms with Gasteiger partial charge in [-0.2, -0.15) is 4.98 Å². The molecule has 0 saturated carbocycles. The topological polar surface area (TPSA) is 55.0 Å². The highest BCUT2D eigenvalue weighted by Gasteiger charge is 2.22. The minimum Gasteiger partial charge on any atom is -0.368 e. The monoisotopic (exact) mass is 372 g/mol. The number of halogens is 3. The van der Waals surface area contributed by atoms with Gasteiger partial charge in [-0.25, -0.2) is 4.98 Å². The fourth-order valence-corrected chi connectivity index (χ4v) is 3.36. The highest BCUT2D eigenvalue weighted by molar-refractivity contribution is 9.10. The van der Waals surface area contributed by atoms with Crippen molar-refractivity contribution in [2.24, 2.45) is 0 Å². The normalized spacial score (nSPS) is 14.2. The zero-order valence-electron chi connectivity index (χ0n) is 10.4. The van der Waals surface area contributed by atoms with Crippen LogP contribution >= 0.6 is 39.1 Å². The van der Waals surface area contributed by atoms with Gasteiger partial charge < -0.3 is 10.6 Å². The second-order valence-corrected chi connectivity index (χ2v) is 6.21. The summed E-state index contributed by atoms with van der Waals surface area (Å²) in [5.41, 5.74) is 8.01. The van der Waals surface area contributed by atoms with Gasteiger partial charge in [-0.1, -0.05) is 39.1 Å². The average Bonchev–Trinajstić information content (AvgIpc) is 2.42. The number of benzene rings is 1. The lowest BCUT2D eigenvalue weighted by Gasteiger charge is -2.31. The highest BCUT2D eigenvalue weighted by atomic mass is 79.9. The van der Waals surface area contributed by atoms with E-state index in [2.05, 4.69) is 30.8 Å². The molecule has 0 atom stereocenters. The summed E-state index contributed by atoms with van der Waals surface area (Å²) < 4.78 is 1.09. The standard InChI is InChI=1S/C13H11BrCl2N4/c14-9-1-2-10(15)8-6-20(4-3-7(8)9)12-5-11(16)18-13(17)19-12/h1-2,5H,3-4,6H2,(H2,17,18,19). The van der Waals surface area contributed by atoms with Crippen LogP contribution in [-0.2, 0) is 13.0 Å². The molecular weight excluding hydrogens is 363 g/mol. The van der Waals surface area contributed by atoms with Gasteiger partial charge in [-0.3, -0.25) is 0 Å². The Morgan fingerprint density at radius 2 is 2.00 bits per heavy atom. The number of rotatable bonds is 1. The molecule has 0 bridgehead atoms. The van der Waals surface area contributed by atoms with Crippen LogP contribution in [0.15, 0.2) is 22.7 Å². The molecular formula is C13H11BrCl2N4. The molecule has 1 aliphatic heterocycles. The molecule has 0 aliphatic carbocycles. The molecule has 104 valence electrons. The number of aromatic nitrogens is 2. The fourth-order valence-electron chi connectivity index (χ4n) is 2.37. The van der Waals surface area contributed by atoms with Crippen LogP contribution < -0.4 is 10.6 Å². The number of hydrogen-bond acceptors (Lipinski definition) is 4. The second-order valence-electron chi connectivity index (χ2n) is 4.56. The number of anilines is 2. The van der Waals surface area contributed by atoms with Crippen LogP contribution in [0.1, 0.15) is 11.1 Å². The van der Waals surface area contributed by atoms with Crippen molar-refractivity contribution >= 4 is 50.9 Å². The second kappa shape index (κ2) is 5.39. The van der Waals surface area contributed by atoms with Crippen LogP contribution in [0.3, 0.4) is 0 Å². The van der Waals surface area contributed by atoms with Crippen LogP contribution in [0.5, 0.6) is 0 Å². The first kappa shape index (κ1) is 13.9. The molecule has 1 aromatic carbocycles. The third-order valence-electron chi connectivity index (χ3n) is 3.32. The van der Waals surface area contributed by atoms with Gasteiger partial charge in [0.15, 0.2) is 0 Å². The number of nitrogens with zero attached hydrogens (tertiary/aromatic N) is 3. The Morgan fingerprint density at radius 1 is 1.20 bits per heavy atom. The third kappa shape index (κ3) is 2.57. The van der Waals surface area contributed by atoms with Crippen LogP contribution in [0.2, 0.25) is 10.2 Å². The minimum absolute atomic E-state index is 0.179. The summed E-state index contributed by atoms with van der Waals surface area (Å²) in [5, 5.41) is 1.11. The van der Waals surface area contributed by atoms with Gasteiger partial charge >= 0.3 is 0 Å².